The van der Waals surface area contributed by atoms with E-state index in [1.54, 1.807) is 0 Å². The summed E-state index contributed by atoms with van der Waals surface area (Å²) in [6, 6.07) is 12.4. The van der Waals surface area contributed by atoms with Crippen molar-refractivity contribution in [3.8, 4) is 0 Å². The van der Waals surface area contributed by atoms with Gasteiger partial charge in [0.15, 0.2) is 0 Å². The third-order valence-electron chi connectivity index (χ3n) is 4.37. The number of hydrogen-bond acceptors (Lipinski definition) is 3. The molecule has 5 heteroatoms. The van der Waals surface area contributed by atoms with Crippen molar-refractivity contribution in [2.75, 3.05) is 7.05 Å². The van der Waals surface area contributed by atoms with Crippen LogP contribution in [-0.4, -0.2) is 31.9 Å². The molecule has 0 saturated heterocycles. The Labute approximate surface area is 140 Å². The van der Waals surface area contributed by atoms with Gasteiger partial charge in [0.25, 0.3) is 0 Å². The predicted molar refractivity (Wildman–Crippen MR) is 96.8 cm³/mol. The van der Waals surface area contributed by atoms with E-state index < -0.39 is 0 Å². The summed E-state index contributed by atoms with van der Waals surface area (Å²) in [5.74, 6) is 1.96. The van der Waals surface area contributed by atoms with Crippen molar-refractivity contribution in [1.82, 2.24) is 24.8 Å². The molecule has 0 radical (unpaired) electrons. The van der Waals surface area contributed by atoms with Crippen molar-refractivity contribution in [3.05, 3.63) is 59.2 Å². The van der Waals surface area contributed by atoms with Crippen LogP contribution in [0, 0.1) is 13.8 Å². The van der Waals surface area contributed by atoms with Gasteiger partial charge < -0.3 is 9.97 Å². The molecule has 0 amide bonds. The van der Waals surface area contributed by atoms with E-state index in [2.05, 4.69) is 72.2 Å². The number of fused-ring (bicyclic) bond motifs is 2. The van der Waals surface area contributed by atoms with Gasteiger partial charge in [0.2, 0.25) is 0 Å². The molecular formula is C19H21N5. The second-order valence-corrected chi connectivity index (χ2v) is 6.48. The number of para-hydroxylation sites is 2. The van der Waals surface area contributed by atoms with Crippen LogP contribution in [0.15, 0.2) is 36.4 Å². The zero-order chi connectivity index (χ0) is 16.7. The summed E-state index contributed by atoms with van der Waals surface area (Å²) < 4.78 is 0. The first-order valence-corrected chi connectivity index (χ1v) is 8.17. The van der Waals surface area contributed by atoms with E-state index in [0.717, 1.165) is 46.8 Å². The summed E-state index contributed by atoms with van der Waals surface area (Å²) in [5.41, 5.74) is 6.70. The monoisotopic (exact) mass is 319 g/mol. The van der Waals surface area contributed by atoms with Gasteiger partial charge in [-0.2, -0.15) is 0 Å². The molecule has 4 rings (SSSR count). The lowest BCUT2D eigenvalue weighted by Crippen LogP contribution is -2.18. The molecule has 0 spiro atoms. The van der Waals surface area contributed by atoms with Crippen LogP contribution in [0.25, 0.3) is 22.1 Å². The summed E-state index contributed by atoms with van der Waals surface area (Å²) in [7, 11) is 2.08. The minimum absolute atomic E-state index is 0.754. The topological polar surface area (TPSA) is 60.6 Å². The number of aryl methyl sites for hydroxylation is 2. The van der Waals surface area contributed by atoms with E-state index in [0.29, 0.717) is 0 Å². The van der Waals surface area contributed by atoms with Crippen LogP contribution in [0.2, 0.25) is 0 Å². The molecule has 24 heavy (non-hydrogen) atoms. The standard InChI is InChI=1S/C19H21N5/c1-12-6-4-8-14-18(12)22-16(20-14)10-24(3)11-17-21-15-9-5-7-13(2)19(15)23-17/h4-9H,10-11H2,1-3H3,(H,20,22)(H,21,23). The normalized spacial score (nSPS) is 11.8. The van der Waals surface area contributed by atoms with Crippen LogP contribution in [0.4, 0.5) is 0 Å². The Bertz CT molecular complexity index is 929. The molecule has 2 aromatic carbocycles. The molecule has 0 atom stereocenters. The highest BCUT2D eigenvalue weighted by Crippen LogP contribution is 2.18. The van der Waals surface area contributed by atoms with Crippen LogP contribution in [0.5, 0.6) is 0 Å². The molecule has 0 bridgehead atoms. The lowest BCUT2D eigenvalue weighted by molar-refractivity contribution is 0.305. The Morgan fingerprint density at radius 1 is 0.792 bits per heavy atom. The van der Waals surface area contributed by atoms with Gasteiger partial charge in [0.05, 0.1) is 35.2 Å². The predicted octanol–water partition coefficient (Wildman–Crippen LogP) is 3.69. The van der Waals surface area contributed by atoms with Gasteiger partial charge in [0.1, 0.15) is 11.6 Å². The first kappa shape index (κ1) is 14.9. The highest BCUT2D eigenvalue weighted by Gasteiger charge is 2.10. The van der Waals surface area contributed by atoms with E-state index in [1.165, 1.54) is 11.1 Å². The van der Waals surface area contributed by atoms with Crippen LogP contribution in [0.1, 0.15) is 22.8 Å². The van der Waals surface area contributed by atoms with Crippen molar-refractivity contribution >= 4 is 22.1 Å². The summed E-state index contributed by atoms with van der Waals surface area (Å²) in [6.07, 6.45) is 0. The Hall–Kier alpha value is -2.66. The second kappa shape index (κ2) is 5.76. The van der Waals surface area contributed by atoms with Crippen molar-refractivity contribution in [2.45, 2.75) is 26.9 Å². The lowest BCUT2D eigenvalue weighted by Gasteiger charge is -2.12. The maximum atomic E-state index is 4.72. The van der Waals surface area contributed by atoms with Crippen molar-refractivity contribution < 1.29 is 0 Å². The fourth-order valence-corrected chi connectivity index (χ4v) is 3.17. The Morgan fingerprint density at radius 2 is 1.25 bits per heavy atom. The molecule has 122 valence electrons. The molecular weight excluding hydrogens is 298 g/mol. The van der Waals surface area contributed by atoms with Gasteiger partial charge in [-0.1, -0.05) is 24.3 Å². The maximum Gasteiger partial charge on any atom is 0.121 e. The number of imidazole rings is 2. The number of aromatic nitrogens is 4. The van der Waals surface area contributed by atoms with Gasteiger partial charge in [-0.05, 0) is 44.2 Å². The number of rotatable bonds is 4. The van der Waals surface area contributed by atoms with Crippen molar-refractivity contribution in [1.29, 1.82) is 0 Å². The fraction of sp³-hybridized carbons (Fsp3) is 0.263. The Morgan fingerprint density at radius 3 is 1.67 bits per heavy atom. The minimum atomic E-state index is 0.754. The molecule has 0 unspecified atom stereocenters. The van der Waals surface area contributed by atoms with E-state index in [1.807, 2.05) is 0 Å². The first-order valence-electron chi connectivity index (χ1n) is 8.17. The Kier molecular flexibility index (Phi) is 3.58. The quantitative estimate of drug-likeness (QED) is 0.603. The molecule has 2 N–H and O–H groups in total. The van der Waals surface area contributed by atoms with Gasteiger partial charge in [-0.3, -0.25) is 4.90 Å². The maximum absolute atomic E-state index is 4.72. The molecule has 2 aromatic heterocycles. The van der Waals surface area contributed by atoms with Gasteiger partial charge in [-0.15, -0.1) is 0 Å². The van der Waals surface area contributed by atoms with Crippen molar-refractivity contribution in [3.63, 3.8) is 0 Å². The van der Waals surface area contributed by atoms with E-state index in [-0.39, 0.29) is 0 Å². The second-order valence-electron chi connectivity index (χ2n) is 6.48. The number of H-pyrrole nitrogens is 2. The molecule has 0 aliphatic carbocycles. The third kappa shape index (κ3) is 2.67. The fourth-order valence-electron chi connectivity index (χ4n) is 3.17. The zero-order valence-corrected chi connectivity index (χ0v) is 14.2. The molecule has 0 aliphatic rings. The van der Waals surface area contributed by atoms with Crippen LogP contribution < -0.4 is 0 Å². The van der Waals surface area contributed by atoms with E-state index in [9.17, 15) is 0 Å². The van der Waals surface area contributed by atoms with Gasteiger partial charge in [0, 0.05) is 0 Å². The molecule has 0 saturated carbocycles. The van der Waals surface area contributed by atoms with Crippen LogP contribution in [0.3, 0.4) is 0 Å². The number of aromatic amines is 2. The van der Waals surface area contributed by atoms with Crippen LogP contribution in [-0.2, 0) is 13.1 Å². The SMILES string of the molecule is Cc1cccc2[nH]c(CN(C)Cc3nc4c(C)cccc4[nH]3)nc12. The van der Waals surface area contributed by atoms with Crippen molar-refractivity contribution in [2.24, 2.45) is 0 Å². The summed E-state index contributed by atoms with van der Waals surface area (Å²) in [4.78, 5) is 18.5. The summed E-state index contributed by atoms with van der Waals surface area (Å²) in [5, 5.41) is 0. The van der Waals surface area contributed by atoms with E-state index >= 15 is 0 Å². The smallest absolute Gasteiger partial charge is 0.121 e. The van der Waals surface area contributed by atoms with Crippen LogP contribution >= 0.6 is 0 Å². The molecule has 0 fully saturated rings. The Balaban J connectivity index is 1.53. The average molecular weight is 319 g/mol. The molecule has 5 nitrogen and oxygen atoms in total. The number of hydrogen-bond donors (Lipinski definition) is 2. The molecule has 4 aromatic rings. The highest BCUT2D eigenvalue weighted by atomic mass is 15.1. The number of nitrogens with one attached hydrogen (secondary N) is 2. The molecule has 2 heterocycles. The summed E-state index contributed by atoms with van der Waals surface area (Å²) >= 11 is 0. The average Bonchev–Trinajstić information content (AvgIpc) is 3.12. The summed E-state index contributed by atoms with van der Waals surface area (Å²) in [6.45, 7) is 5.69. The zero-order valence-electron chi connectivity index (χ0n) is 14.2. The number of nitrogens with zero attached hydrogens (tertiary/aromatic N) is 3. The van der Waals surface area contributed by atoms with Gasteiger partial charge in [-0.25, -0.2) is 9.97 Å². The van der Waals surface area contributed by atoms with E-state index in [4.69, 9.17) is 9.97 Å². The highest BCUT2D eigenvalue weighted by molar-refractivity contribution is 5.79. The number of benzene rings is 2. The molecule has 0 aliphatic heterocycles. The largest absolute Gasteiger partial charge is 0.341 e. The lowest BCUT2D eigenvalue weighted by atomic mass is 10.2. The first-order chi connectivity index (χ1) is 11.6. The third-order valence-corrected chi connectivity index (χ3v) is 4.37. The minimum Gasteiger partial charge on any atom is -0.341 e. The van der Waals surface area contributed by atoms with Gasteiger partial charge >= 0.3 is 0 Å².